The Morgan fingerprint density at radius 3 is 2.78 bits per heavy atom. The van der Waals surface area contributed by atoms with E-state index in [-0.39, 0.29) is 0 Å². The van der Waals surface area contributed by atoms with E-state index in [0.717, 1.165) is 44.0 Å². The maximum absolute atomic E-state index is 9.90. The number of benzene rings is 1. The smallest absolute Gasteiger partial charge is 0.0706 e. The molecule has 5 heteroatoms. The molecule has 0 amide bonds. The van der Waals surface area contributed by atoms with E-state index in [1.54, 1.807) is 6.07 Å². The lowest BCUT2D eigenvalue weighted by molar-refractivity contribution is 0.0341. The Balaban J connectivity index is 1.85. The molecule has 0 radical (unpaired) electrons. The van der Waals surface area contributed by atoms with Crippen molar-refractivity contribution in [3.63, 3.8) is 0 Å². The number of hydrogen-bond donors (Lipinski definition) is 2. The van der Waals surface area contributed by atoms with Crippen molar-refractivity contribution in [2.24, 2.45) is 0 Å². The zero-order chi connectivity index (χ0) is 12.6. The van der Waals surface area contributed by atoms with Gasteiger partial charge in [0.1, 0.15) is 0 Å². The quantitative estimate of drug-likeness (QED) is 0.865. The van der Waals surface area contributed by atoms with Crippen LogP contribution in [-0.4, -0.2) is 40.3 Å². The van der Waals surface area contributed by atoms with E-state index < -0.39 is 10.6 Å². The number of hydrogen-bond acceptors (Lipinski definition) is 4. The Hall–Kier alpha value is -0.850. The molecule has 1 aromatic rings. The number of rotatable bonds is 2. The van der Waals surface area contributed by atoms with Crippen LogP contribution in [0.5, 0.6) is 0 Å². The minimum absolute atomic E-state index is 0.660. The van der Waals surface area contributed by atoms with Gasteiger partial charge in [-0.25, -0.2) is 0 Å². The molecule has 0 saturated carbocycles. The van der Waals surface area contributed by atoms with Crippen molar-refractivity contribution in [2.45, 2.75) is 11.4 Å². The zero-order valence-electron chi connectivity index (χ0n) is 10.1. The van der Waals surface area contributed by atoms with E-state index >= 15 is 0 Å². The predicted octanol–water partition coefficient (Wildman–Crippen LogP) is 2.61. The topological polar surface area (TPSA) is 52.9 Å². The molecule has 2 aliphatic heterocycles. The lowest BCUT2D eigenvalue weighted by atomic mass is 10.1. The van der Waals surface area contributed by atoms with Crippen molar-refractivity contribution >= 4 is 16.7 Å². The number of fused-ring (bicyclic) bond motifs is 1. The molecule has 3 rings (SSSR count). The summed E-state index contributed by atoms with van der Waals surface area (Å²) in [4.78, 5) is 2.99. The molecule has 1 fully saturated rings. The first-order chi connectivity index (χ1) is 8.67. The summed E-state index contributed by atoms with van der Waals surface area (Å²) in [6.45, 7) is 4.26. The Morgan fingerprint density at radius 2 is 2.00 bits per heavy atom. The van der Waals surface area contributed by atoms with Gasteiger partial charge in [0.25, 0.3) is 0 Å². The number of nitrogens with zero attached hydrogens (tertiary/aromatic N) is 1. The van der Waals surface area contributed by atoms with E-state index in [0.29, 0.717) is 4.90 Å². The van der Waals surface area contributed by atoms with Gasteiger partial charge in [-0.3, -0.25) is 14.0 Å². The number of morpholine rings is 1. The molecule has 0 bridgehead atoms. The molecule has 98 valence electrons. The van der Waals surface area contributed by atoms with Crippen LogP contribution in [-0.2, 0) is 11.3 Å². The van der Waals surface area contributed by atoms with Crippen LogP contribution in [0.3, 0.4) is 0 Å². The molecule has 2 aliphatic rings. The molecule has 4 nitrogen and oxygen atoms in total. The first kappa shape index (κ1) is 12.2. The summed E-state index contributed by atoms with van der Waals surface area (Å²) in [6, 6.07) is 5.75. The lowest BCUT2D eigenvalue weighted by Gasteiger charge is -2.28. The van der Waals surface area contributed by atoms with Gasteiger partial charge in [-0.05, 0) is 17.7 Å². The van der Waals surface area contributed by atoms with Crippen LogP contribution in [0.25, 0.3) is 6.08 Å². The van der Waals surface area contributed by atoms with Crippen molar-refractivity contribution in [1.82, 2.24) is 4.90 Å². The fraction of sp³-hybridized carbons (Fsp3) is 0.385. The van der Waals surface area contributed by atoms with Crippen LogP contribution >= 0.6 is 10.6 Å². The first-order valence-corrected chi connectivity index (χ1v) is 7.66. The molecule has 1 saturated heterocycles. The van der Waals surface area contributed by atoms with Gasteiger partial charge in [0, 0.05) is 30.6 Å². The normalized spacial score (nSPS) is 23.9. The maximum atomic E-state index is 9.90. The monoisotopic (exact) mass is 267 g/mol. The summed E-state index contributed by atoms with van der Waals surface area (Å²) >= 11 is 0. The minimum atomic E-state index is -2.69. The molecule has 2 heterocycles. The molecule has 1 aromatic carbocycles. The summed E-state index contributed by atoms with van der Waals surface area (Å²) in [5.41, 5.74) is 2.13. The van der Waals surface area contributed by atoms with E-state index in [1.807, 2.05) is 12.1 Å². The van der Waals surface area contributed by atoms with Crippen molar-refractivity contribution in [2.75, 3.05) is 26.3 Å². The molecule has 0 aromatic heterocycles. The Bertz CT molecular complexity index is 481. The van der Waals surface area contributed by atoms with E-state index in [4.69, 9.17) is 4.74 Å². The third-order valence-electron chi connectivity index (χ3n) is 3.40. The summed E-state index contributed by atoms with van der Waals surface area (Å²) in [5.74, 6) is 0. The molecule has 18 heavy (non-hydrogen) atoms. The Labute approximate surface area is 108 Å². The SMILES string of the molecule is OS1(O)C=Cc2c(CN3CCOCC3)cccc21. The second kappa shape index (κ2) is 4.68. The Kier molecular flexibility index (Phi) is 3.17. The van der Waals surface area contributed by atoms with E-state index in [1.165, 1.54) is 5.41 Å². The molecule has 0 unspecified atom stereocenters. The van der Waals surface area contributed by atoms with Crippen LogP contribution in [0.1, 0.15) is 11.1 Å². The summed E-state index contributed by atoms with van der Waals surface area (Å²) in [5, 5.41) is 1.51. The van der Waals surface area contributed by atoms with Crippen LogP contribution in [0.2, 0.25) is 0 Å². The average molecular weight is 267 g/mol. The molecule has 0 atom stereocenters. The van der Waals surface area contributed by atoms with Gasteiger partial charge in [-0.2, -0.15) is 0 Å². The minimum Gasteiger partial charge on any atom is -0.379 e. The zero-order valence-corrected chi connectivity index (χ0v) is 10.9. The summed E-state index contributed by atoms with van der Waals surface area (Å²) in [6.07, 6.45) is 1.83. The second-order valence-electron chi connectivity index (χ2n) is 4.61. The molecule has 0 spiro atoms. The highest BCUT2D eigenvalue weighted by Crippen LogP contribution is 2.56. The summed E-state index contributed by atoms with van der Waals surface area (Å²) < 4.78 is 25.1. The van der Waals surface area contributed by atoms with Gasteiger partial charge in [-0.15, -0.1) is 10.6 Å². The van der Waals surface area contributed by atoms with Crippen LogP contribution < -0.4 is 0 Å². The highest BCUT2D eigenvalue weighted by molar-refractivity contribution is 8.27. The second-order valence-corrected chi connectivity index (χ2v) is 6.51. The highest BCUT2D eigenvalue weighted by atomic mass is 32.3. The van der Waals surface area contributed by atoms with Crippen molar-refractivity contribution in [1.29, 1.82) is 0 Å². The third kappa shape index (κ3) is 2.20. The van der Waals surface area contributed by atoms with Crippen LogP contribution in [0, 0.1) is 0 Å². The number of ether oxygens (including phenoxy) is 1. The Morgan fingerprint density at radius 1 is 1.22 bits per heavy atom. The molecular formula is C13H17NO3S. The fourth-order valence-corrected chi connectivity index (χ4v) is 3.69. The van der Waals surface area contributed by atoms with Crippen molar-refractivity contribution in [3.8, 4) is 0 Å². The van der Waals surface area contributed by atoms with E-state index in [2.05, 4.69) is 11.0 Å². The van der Waals surface area contributed by atoms with Gasteiger partial charge >= 0.3 is 0 Å². The average Bonchev–Trinajstić information content (AvgIpc) is 2.68. The van der Waals surface area contributed by atoms with Gasteiger partial charge < -0.3 is 4.74 Å². The lowest BCUT2D eigenvalue weighted by Crippen LogP contribution is -2.35. The molecule has 0 aliphatic carbocycles. The van der Waals surface area contributed by atoms with Crippen molar-refractivity contribution in [3.05, 3.63) is 34.7 Å². The van der Waals surface area contributed by atoms with Crippen LogP contribution in [0.4, 0.5) is 0 Å². The van der Waals surface area contributed by atoms with E-state index in [9.17, 15) is 9.11 Å². The largest absolute Gasteiger partial charge is 0.379 e. The molecule has 2 N–H and O–H groups in total. The molecular weight excluding hydrogens is 250 g/mol. The summed E-state index contributed by atoms with van der Waals surface area (Å²) in [7, 11) is -2.69. The van der Waals surface area contributed by atoms with Gasteiger partial charge in [0.15, 0.2) is 0 Å². The van der Waals surface area contributed by atoms with Gasteiger partial charge in [-0.1, -0.05) is 12.1 Å². The standard InChI is InChI=1S/C13H17NO3S/c15-18(16)9-4-12-11(2-1-3-13(12)18)10-14-5-7-17-8-6-14/h1-4,9,15-16H,5-8,10H2. The highest BCUT2D eigenvalue weighted by Gasteiger charge is 2.24. The van der Waals surface area contributed by atoms with Crippen LogP contribution in [0.15, 0.2) is 28.5 Å². The predicted molar refractivity (Wildman–Crippen MR) is 72.7 cm³/mol. The fourth-order valence-electron chi connectivity index (χ4n) is 2.41. The van der Waals surface area contributed by atoms with Crippen molar-refractivity contribution < 1.29 is 13.8 Å². The third-order valence-corrected chi connectivity index (χ3v) is 4.92. The first-order valence-electron chi connectivity index (χ1n) is 6.05. The van der Waals surface area contributed by atoms with Gasteiger partial charge in [0.05, 0.1) is 18.1 Å². The maximum Gasteiger partial charge on any atom is 0.0706 e. The van der Waals surface area contributed by atoms with Gasteiger partial charge in [0.2, 0.25) is 0 Å².